The molecule has 1 heterocycles. The van der Waals surface area contributed by atoms with Gasteiger partial charge in [0.05, 0.1) is 18.0 Å². The highest BCUT2D eigenvalue weighted by Crippen LogP contribution is 2.30. The summed E-state index contributed by atoms with van der Waals surface area (Å²) in [5.41, 5.74) is 0.826. The molecule has 1 aromatic carbocycles. The van der Waals surface area contributed by atoms with Gasteiger partial charge in [-0.2, -0.15) is 18.3 Å². The number of nitrogens with one attached hydrogen (secondary N) is 2. The maximum atomic E-state index is 12.5. The van der Waals surface area contributed by atoms with Gasteiger partial charge in [0, 0.05) is 5.69 Å². The summed E-state index contributed by atoms with van der Waals surface area (Å²) in [5.74, 6) is -1.94. The van der Waals surface area contributed by atoms with Gasteiger partial charge in [0.25, 0.3) is 0 Å². The second kappa shape index (κ2) is 6.77. The fourth-order valence-corrected chi connectivity index (χ4v) is 1.53. The molecule has 6 nitrogen and oxygen atoms in total. The lowest BCUT2D eigenvalue weighted by molar-refractivity contribution is -0.137. The van der Waals surface area contributed by atoms with Crippen LogP contribution in [-0.2, 0) is 15.8 Å². The molecule has 2 N–H and O–H groups in total. The van der Waals surface area contributed by atoms with Crippen LogP contribution in [0.15, 0.2) is 52.2 Å². The second-order valence-corrected chi connectivity index (χ2v) is 4.25. The van der Waals surface area contributed by atoms with Crippen LogP contribution in [0.2, 0.25) is 0 Å². The van der Waals surface area contributed by atoms with Crippen LogP contribution in [0.3, 0.4) is 0 Å². The molecule has 0 saturated heterocycles. The first-order valence-electron chi connectivity index (χ1n) is 6.21. The topological polar surface area (TPSA) is 83.7 Å². The minimum absolute atomic E-state index is 0.157. The number of furan rings is 1. The zero-order valence-electron chi connectivity index (χ0n) is 11.4. The number of benzene rings is 1. The van der Waals surface area contributed by atoms with Crippen molar-refractivity contribution in [1.29, 1.82) is 0 Å². The molecule has 2 rings (SSSR count). The van der Waals surface area contributed by atoms with Crippen LogP contribution < -0.4 is 10.7 Å². The average Bonchev–Trinajstić information content (AvgIpc) is 3.00. The standard InChI is InChI=1S/C14H10F3N3O3/c15-14(16,17)9-3-1-4-10(7-9)19-12(21)13(22)20-18-8-11-5-2-6-23-11/h1-8H,(H,19,21)(H,20,22)/b18-8+. The Bertz CT molecular complexity index is 724. The number of hydrazone groups is 1. The zero-order valence-corrected chi connectivity index (χ0v) is 11.4. The first kappa shape index (κ1) is 16.3. The normalized spacial score (nSPS) is 11.4. The molecule has 0 spiro atoms. The quantitative estimate of drug-likeness (QED) is 0.516. The van der Waals surface area contributed by atoms with E-state index in [-0.39, 0.29) is 5.69 Å². The Labute approximate surface area is 128 Å². The van der Waals surface area contributed by atoms with E-state index in [1.165, 1.54) is 12.3 Å². The fourth-order valence-electron chi connectivity index (χ4n) is 1.53. The van der Waals surface area contributed by atoms with Gasteiger partial charge in [-0.15, -0.1) is 0 Å². The lowest BCUT2D eigenvalue weighted by atomic mass is 10.2. The number of alkyl halides is 3. The number of anilines is 1. The van der Waals surface area contributed by atoms with E-state index in [9.17, 15) is 22.8 Å². The highest BCUT2D eigenvalue weighted by molar-refractivity contribution is 6.39. The van der Waals surface area contributed by atoms with Gasteiger partial charge in [-0.3, -0.25) is 9.59 Å². The molecule has 0 fully saturated rings. The Balaban J connectivity index is 1.94. The number of carbonyl (C=O) groups excluding carboxylic acids is 2. The Morgan fingerprint density at radius 3 is 2.57 bits per heavy atom. The predicted molar refractivity (Wildman–Crippen MR) is 74.5 cm³/mol. The van der Waals surface area contributed by atoms with Gasteiger partial charge in [0.2, 0.25) is 0 Å². The molecule has 23 heavy (non-hydrogen) atoms. The minimum Gasteiger partial charge on any atom is -0.463 e. The van der Waals surface area contributed by atoms with Crippen molar-refractivity contribution < 1.29 is 27.2 Å². The Hall–Kier alpha value is -3.10. The van der Waals surface area contributed by atoms with Crippen LogP contribution in [0, 0.1) is 0 Å². The monoisotopic (exact) mass is 325 g/mol. The van der Waals surface area contributed by atoms with Crippen molar-refractivity contribution in [2.75, 3.05) is 5.32 Å². The van der Waals surface area contributed by atoms with Gasteiger partial charge < -0.3 is 9.73 Å². The van der Waals surface area contributed by atoms with Gasteiger partial charge in [-0.25, -0.2) is 5.43 Å². The van der Waals surface area contributed by atoms with E-state index in [4.69, 9.17) is 4.42 Å². The molecule has 9 heteroatoms. The molecule has 0 unspecified atom stereocenters. The molecule has 0 atom stereocenters. The molecule has 120 valence electrons. The number of halogens is 3. The largest absolute Gasteiger partial charge is 0.463 e. The van der Waals surface area contributed by atoms with Crippen molar-refractivity contribution in [3.05, 3.63) is 54.0 Å². The number of hydrogen-bond donors (Lipinski definition) is 2. The van der Waals surface area contributed by atoms with Gasteiger partial charge in [0.15, 0.2) is 0 Å². The molecule has 0 saturated carbocycles. The van der Waals surface area contributed by atoms with Gasteiger partial charge in [0.1, 0.15) is 5.76 Å². The number of amides is 2. The maximum absolute atomic E-state index is 12.5. The average molecular weight is 325 g/mol. The first-order chi connectivity index (χ1) is 10.9. The molecule has 1 aromatic heterocycles. The van der Waals surface area contributed by atoms with E-state index in [1.807, 2.05) is 10.7 Å². The highest BCUT2D eigenvalue weighted by Gasteiger charge is 2.30. The molecule has 0 aliphatic carbocycles. The number of rotatable bonds is 3. The highest BCUT2D eigenvalue weighted by atomic mass is 19.4. The lowest BCUT2D eigenvalue weighted by Gasteiger charge is -2.09. The van der Waals surface area contributed by atoms with E-state index < -0.39 is 23.6 Å². The second-order valence-electron chi connectivity index (χ2n) is 4.25. The Morgan fingerprint density at radius 2 is 1.91 bits per heavy atom. The van der Waals surface area contributed by atoms with Gasteiger partial charge in [-0.05, 0) is 30.3 Å². The minimum atomic E-state index is -4.55. The smallest absolute Gasteiger partial charge is 0.416 e. The SMILES string of the molecule is O=C(N/N=C/c1ccco1)C(=O)Nc1cccc(C(F)(F)F)c1. The zero-order chi connectivity index (χ0) is 16.9. The van der Waals surface area contributed by atoms with E-state index >= 15 is 0 Å². The third kappa shape index (κ3) is 4.70. The number of hydrogen-bond acceptors (Lipinski definition) is 4. The molecule has 0 aliphatic heterocycles. The van der Waals surface area contributed by atoms with Crippen molar-refractivity contribution >= 4 is 23.7 Å². The lowest BCUT2D eigenvalue weighted by Crippen LogP contribution is -2.32. The summed E-state index contributed by atoms with van der Waals surface area (Å²) in [4.78, 5) is 23.0. The van der Waals surface area contributed by atoms with Crippen LogP contribution in [0.4, 0.5) is 18.9 Å². The van der Waals surface area contributed by atoms with Crippen molar-refractivity contribution in [3.8, 4) is 0 Å². The summed E-state index contributed by atoms with van der Waals surface area (Å²) in [6.45, 7) is 0. The Morgan fingerprint density at radius 1 is 1.13 bits per heavy atom. The summed E-state index contributed by atoms with van der Waals surface area (Å²) in [7, 11) is 0. The summed E-state index contributed by atoms with van der Waals surface area (Å²) < 4.78 is 42.5. The van der Waals surface area contributed by atoms with Crippen LogP contribution in [0.5, 0.6) is 0 Å². The van der Waals surface area contributed by atoms with Crippen LogP contribution in [-0.4, -0.2) is 18.0 Å². The van der Waals surface area contributed by atoms with Gasteiger partial charge >= 0.3 is 18.0 Å². The van der Waals surface area contributed by atoms with E-state index in [0.717, 1.165) is 24.4 Å². The van der Waals surface area contributed by atoms with Crippen molar-refractivity contribution in [1.82, 2.24) is 5.43 Å². The molecule has 2 amide bonds. The van der Waals surface area contributed by atoms with Crippen molar-refractivity contribution in [2.24, 2.45) is 5.10 Å². The molecular weight excluding hydrogens is 315 g/mol. The molecule has 2 aromatic rings. The van der Waals surface area contributed by atoms with Crippen LogP contribution in [0.25, 0.3) is 0 Å². The number of carbonyl (C=O) groups is 2. The van der Waals surface area contributed by atoms with E-state index in [0.29, 0.717) is 5.76 Å². The van der Waals surface area contributed by atoms with Crippen molar-refractivity contribution in [3.63, 3.8) is 0 Å². The molecule has 0 bridgehead atoms. The van der Waals surface area contributed by atoms with E-state index in [1.54, 1.807) is 12.1 Å². The Kier molecular flexibility index (Phi) is 4.79. The number of nitrogens with zero attached hydrogens (tertiary/aromatic N) is 1. The van der Waals surface area contributed by atoms with Gasteiger partial charge in [-0.1, -0.05) is 6.07 Å². The van der Waals surface area contributed by atoms with Crippen LogP contribution in [0.1, 0.15) is 11.3 Å². The molecule has 0 aliphatic rings. The summed E-state index contributed by atoms with van der Waals surface area (Å²) in [6.07, 6.45) is -1.99. The third-order valence-corrected chi connectivity index (χ3v) is 2.56. The predicted octanol–water partition coefficient (Wildman–Crippen LogP) is 2.39. The summed E-state index contributed by atoms with van der Waals surface area (Å²) in [5, 5.41) is 5.52. The van der Waals surface area contributed by atoms with E-state index in [2.05, 4.69) is 5.10 Å². The molecular formula is C14H10F3N3O3. The third-order valence-electron chi connectivity index (χ3n) is 2.56. The molecule has 0 radical (unpaired) electrons. The fraction of sp³-hybridized carbons (Fsp3) is 0.0714. The van der Waals surface area contributed by atoms with Crippen LogP contribution >= 0.6 is 0 Å². The summed E-state index contributed by atoms with van der Waals surface area (Å²) in [6, 6.07) is 7.08. The van der Waals surface area contributed by atoms with Crippen molar-refractivity contribution in [2.45, 2.75) is 6.18 Å². The maximum Gasteiger partial charge on any atom is 0.416 e. The first-order valence-corrected chi connectivity index (χ1v) is 6.21. The summed E-state index contributed by atoms with van der Waals surface area (Å²) >= 11 is 0.